The number of alkyl halides is 3. The molecule has 0 saturated heterocycles. The molecule has 0 aliphatic rings. The SMILES string of the molecule is C[C@H](C(=O)O)c1ccc(N(C)c2nc(C(F)(F)F)cs2)cc1. The predicted octanol–water partition coefficient (Wildman–Crippen LogP) is 4.12. The Labute approximate surface area is 128 Å². The molecule has 8 heteroatoms. The van der Waals surface area contributed by atoms with Gasteiger partial charge in [0.2, 0.25) is 0 Å². The Morgan fingerprint density at radius 2 is 1.91 bits per heavy atom. The molecule has 1 aromatic heterocycles. The molecule has 0 bridgehead atoms. The maximum atomic E-state index is 12.6. The minimum Gasteiger partial charge on any atom is -0.481 e. The van der Waals surface area contributed by atoms with E-state index in [2.05, 4.69) is 4.98 Å². The summed E-state index contributed by atoms with van der Waals surface area (Å²) >= 11 is 0.895. The van der Waals surface area contributed by atoms with E-state index < -0.39 is 23.8 Å². The Balaban J connectivity index is 2.21. The molecule has 1 N–H and O–H groups in total. The minimum absolute atomic E-state index is 0.214. The van der Waals surface area contributed by atoms with Crippen molar-refractivity contribution in [1.82, 2.24) is 4.98 Å². The van der Waals surface area contributed by atoms with Crippen molar-refractivity contribution in [3.63, 3.8) is 0 Å². The average Bonchev–Trinajstić information content (AvgIpc) is 2.95. The molecule has 0 radical (unpaired) electrons. The monoisotopic (exact) mass is 330 g/mol. The smallest absolute Gasteiger partial charge is 0.434 e. The van der Waals surface area contributed by atoms with Crippen LogP contribution in [0.2, 0.25) is 0 Å². The summed E-state index contributed by atoms with van der Waals surface area (Å²) in [5.41, 5.74) is 0.333. The number of nitrogens with zero attached hydrogens (tertiary/aromatic N) is 2. The quantitative estimate of drug-likeness (QED) is 0.916. The second-order valence-electron chi connectivity index (χ2n) is 4.72. The fraction of sp³-hybridized carbons (Fsp3) is 0.286. The summed E-state index contributed by atoms with van der Waals surface area (Å²) in [6.45, 7) is 1.57. The van der Waals surface area contributed by atoms with Crippen molar-refractivity contribution in [3.8, 4) is 0 Å². The summed E-state index contributed by atoms with van der Waals surface area (Å²) in [5.74, 6) is -1.58. The van der Waals surface area contributed by atoms with Gasteiger partial charge in [0, 0.05) is 18.1 Å². The molecule has 0 saturated carbocycles. The number of rotatable bonds is 4. The van der Waals surface area contributed by atoms with Crippen LogP contribution in [0.25, 0.3) is 0 Å². The zero-order valence-electron chi connectivity index (χ0n) is 11.8. The van der Waals surface area contributed by atoms with Crippen LogP contribution in [-0.4, -0.2) is 23.1 Å². The highest BCUT2D eigenvalue weighted by atomic mass is 32.1. The van der Waals surface area contributed by atoms with Gasteiger partial charge in [0.05, 0.1) is 5.92 Å². The van der Waals surface area contributed by atoms with Crippen molar-refractivity contribution in [2.75, 3.05) is 11.9 Å². The van der Waals surface area contributed by atoms with E-state index in [0.717, 1.165) is 16.7 Å². The van der Waals surface area contributed by atoms with E-state index in [1.165, 1.54) is 4.90 Å². The van der Waals surface area contributed by atoms with E-state index in [0.29, 0.717) is 11.3 Å². The molecule has 0 unspecified atom stereocenters. The summed E-state index contributed by atoms with van der Waals surface area (Å²) in [7, 11) is 1.61. The minimum atomic E-state index is -4.46. The van der Waals surface area contributed by atoms with Gasteiger partial charge >= 0.3 is 12.1 Å². The lowest BCUT2D eigenvalue weighted by Crippen LogP contribution is -2.12. The van der Waals surface area contributed by atoms with Gasteiger partial charge in [0.1, 0.15) is 0 Å². The molecule has 1 heterocycles. The maximum Gasteiger partial charge on any atom is 0.434 e. The van der Waals surface area contributed by atoms with Crippen molar-refractivity contribution in [1.29, 1.82) is 0 Å². The first-order valence-electron chi connectivity index (χ1n) is 6.29. The van der Waals surface area contributed by atoms with Crippen molar-refractivity contribution in [3.05, 3.63) is 40.9 Å². The normalized spacial score (nSPS) is 13.0. The topological polar surface area (TPSA) is 53.4 Å². The van der Waals surface area contributed by atoms with Crippen LogP contribution >= 0.6 is 11.3 Å². The van der Waals surface area contributed by atoms with Gasteiger partial charge in [-0.15, -0.1) is 11.3 Å². The first kappa shape index (κ1) is 16.3. The van der Waals surface area contributed by atoms with Crippen LogP contribution in [0.4, 0.5) is 24.0 Å². The van der Waals surface area contributed by atoms with Crippen LogP contribution in [-0.2, 0) is 11.0 Å². The molecule has 22 heavy (non-hydrogen) atoms. The maximum absolute atomic E-state index is 12.6. The van der Waals surface area contributed by atoms with Crippen molar-refractivity contribution < 1.29 is 23.1 Å². The van der Waals surface area contributed by atoms with Gasteiger partial charge in [0.25, 0.3) is 0 Å². The molecular weight excluding hydrogens is 317 g/mol. The molecule has 118 valence electrons. The number of hydrogen-bond acceptors (Lipinski definition) is 4. The van der Waals surface area contributed by atoms with Crippen molar-refractivity contribution in [2.24, 2.45) is 0 Å². The number of anilines is 2. The van der Waals surface area contributed by atoms with E-state index in [1.54, 1.807) is 38.2 Å². The molecule has 4 nitrogen and oxygen atoms in total. The van der Waals surface area contributed by atoms with Gasteiger partial charge in [-0.25, -0.2) is 4.98 Å². The number of hydrogen-bond donors (Lipinski definition) is 1. The van der Waals surface area contributed by atoms with Crippen LogP contribution in [0.1, 0.15) is 24.1 Å². The predicted molar refractivity (Wildman–Crippen MR) is 77.7 cm³/mol. The molecule has 1 atom stereocenters. The highest BCUT2D eigenvalue weighted by Crippen LogP contribution is 2.34. The summed E-state index contributed by atoms with van der Waals surface area (Å²) in [5, 5.41) is 10.1. The second kappa shape index (κ2) is 5.96. The third-order valence-electron chi connectivity index (χ3n) is 3.22. The third kappa shape index (κ3) is 3.38. The number of aliphatic carboxylic acids is 1. The number of carboxylic acid groups (broad SMARTS) is 1. The number of halogens is 3. The first-order chi connectivity index (χ1) is 10.2. The fourth-order valence-electron chi connectivity index (χ4n) is 1.79. The summed E-state index contributed by atoms with van der Waals surface area (Å²) < 4.78 is 37.7. The summed E-state index contributed by atoms with van der Waals surface area (Å²) in [6.07, 6.45) is -4.46. The fourth-order valence-corrected chi connectivity index (χ4v) is 2.61. The number of aromatic nitrogens is 1. The number of carbonyl (C=O) groups is 1. The number of thiazole rings is 1. The first-order valence-corrected chi connectivity index (χ1v) is 7.17. The number of benzene rings is 1. The van der Waals surface area contributed by atoms with E-state index in [9.17, 15) is 18.0 Å². The molecule has 0 spiro atoms. The summed E-state index contributed by atoms with van der Waals surface area (Å²) in [4.78, 5) is 16.0. The van der Waals surface area contributed by atoms with Crippen LogP contribution in [0, 0.1) is 0 Å². The Morgan fingerprint density at radius 1 is 1.32 bits per heavy atom. The Hall–Kier alpha value is -2.09. The zero-order valence-corrected chi connectivity index (χ0v) is 12.6. The molecule has 0 aliphatic carbocycles. The Kier molecular flexibility index (Phi) is 4.41. The van der Waals surface area contributed by atoms with Crippen LogP contribution < -0.4 is 4.90 Å². The van der Waals surface area contributed by atoms with E-state index in [4.69, 9.17) is 5.11 Å². The van der Waals surface area contributed by atoms with Crippen LogP contribution in [0.3, 0.4) is 0 Å². The largest absolute Gasteiger partial charge is 0.481 e. The average molecular weight is 330 g/mol. The molecule has 2 aromatic rings. The molecule has 0 fully saturated rings. The molecular formula is C14H13F3N2O2S. The standard InChI is InChI=1S/C14H13F3N2O2S/c1-8(12(20)21)9-3-5-10(6-4-9)19(2)13-18-11(7-22-13)14(15,16)17/h3-8H,1-2H3,(H,20,21)/t8-/m0/s1. The Bertz CT molecular complexity index is 667. The lowest BCUT2D eigenvalue weighted by molar-refractivity contribution is -0.140. The highest BCUT2D eigenvalue weighted by Gasteiger charge is 2.34. The van der Waals surface area contributed by atoms with Crippen molar-refractivity contribution >= 4 is 28.1 Å². The van der Waals surface area contributed by atoms with Crippen LogP contribution in [0.5, 0.6) is 0 Å². The lowest BCUT2D eigenvalue weighted by atomic mass is 10.0. The van der Waals surface area contributed by atoms with Gasteiger partial charge < -0.3 is 10.0 Å². The zero-order chi connectivity index (χ0) is 16.5. The number of carboxylic acids is 1. The Morgan fingerprint density at radius 3 is 2.36 bits per heavy atom. The highest BCUT2D eigenvalue weighted by molar-refractivity contribution is 7.13. The van der Waals surface area contributed by atoms with Gasteiger partial charge in [-0.05, 0) is 24.6 Å². The van der Waals surface area contributed by atoms with Crippen LogP contribution in [0.15, 0.2) is 29.6 Å². The molecule has 0 aliphatic heterocycles. The van der Waals surface area contributed by atoms with Gasteiger partial charge in [-0.2, -0.15) is 13.2 Å². The second-order valence-corrected chi connectivity index (χ2v) is 5.56. The molecule has 1 aromatic carbocycles. The van der Waals surface area contributed by atoms with Gasteiger partial charge in [0.15, 0.2) is 10.8 Å². The van der Waals surface area contributed by atoms with E-state index in [1.807, 2.05) is 0 Å². The lowest BCUT2D eigenvalue weighted by Gasteiger charge is -2.17. The van der Waals surface area contributed by atoms with Gasteiger partial charge in [-0.1, -0.05) is 12.1 Å². The van der Waals surface area contributed by atoms with Crippen molar-refractivity contribution in [2.45, 2.75) is 19.0 Å². The summed E-state index contributed by atoms with van der Waals surface area (Å²) in [6, 6.07) is 6.60. The molecule has 2 rings (SSSR count). The molecule has 0 amide bonds. The van der Waals surface area contributed by atoms with Gasteiger partial charge in [-0.3, -0.25) is 4.79 Å². The van der Waals surface area contributed by atoms with E-state index in [-0.39, 0.29) is 5.13 Å². The third-order valence-corrected chi connectivity index (χ3v) is 4.14. The van der Waals surface area contributed by atoms with E-state index >= 15 is 0 Å².